The maximum atomic E-state index is 10.4. The summed E-state index contributed by atoms with van der Waals surface area (Å²) in [7, 11) is -3.68. The first-order chi connectivity index (χ1) is 16.5. The maximum Gasteiger partial charge on any atom is 0.399 e. The molecule has 0 radical (unpaired) electrons. The number of allylic oxidation sites excluding steroid dienone is 1. The van der Waals surface area contributed by atoms with Crippen LogP contribution in [0.1, 0.15) is 111 Å². The van der Waals surface area contributed by atoms with Gasteiger partial charge < -0.3 is 10.6 Å². The van der Waals surface area contributed by atoms with E-state index < -0.39 is 10.4 Å². The molecule has 1 heterocycles. The van der Waals surface area contributed by atoms with E-state index >= 15 is 0 Å². The minimum atomic E-state index is -3.68. The molecule has 0 bridgehead atoms. The average Bonchev–Trinajstić information content (AvgIpc) is 3.24. The second kappa shape index (κ2) is 23.8. The number of rotatable bonds is 21. The van der Waals surface area contributed by atoms with Gasteiger partial charge in [-0.3, -0.25) is 4.99 Å². The highest BCUT2D eigenvalue weighted by Crippen LogP contribution is 2.13. The molecule has 2 N–H and O–H groups in total. The molecule has 0 saturated carbocycles. The summed E-state index contributed by atoms with van der Waals surface area (Å²) in [6.07, 6.45) is 24.2. The van der Waals surface area contributed by atoms with Crippen LogP contribution in [0.5, 0.6) is 0 Å². The number of hydrogen-bond donors (Lipinski definition) is 1. The molecule has 0 amide bonds. The van der Waals surface area contributed by atoms with Crippen molar-refractivity contribution in [1.29, 1.82) is 0 Å². The van der Waals surface area contributed by atoms with Gasteiger partial charge >= 0.3 is 10.4 Å². The van der Waals surface area contributed by atoms with Crippen LogP contribution in [0.15, 0.2) is 17.1 Å². The molecular formula is C26H53N3O4S. The number of nitrogens with zero attached hydrogens (tertiary/aromatic N) is 2. The number of unbranched alkanes of at least 4 members (excludes halogenated alkanes) is 13. The third-order valence-corrected chi connectivity index (χ3v) is 6.68. The molecule has 0 spiro atoms. The Balaban J connectivity index is 0.00000102. The van der Waals surface area contributed by atoms with E-state index in [-0.39, 0.29) is 13.2 Å². The van der Waals surface area contributed by atoms with E-state index in [2.05, 4.69) is 37.3 Å². The molecule has 0 atom stereocenters. The minimum absolute atomic E-state index is 0.113. The van der Waals surface area contributed by atoms with Gasteiger partial charge in [0.25, 0.3) is 0 Å². The summed E-state index contributed by atoms with van der Waals surface area (Å²) in [5.74, 6) is 1.14. The van der Waals surface area contributed by atoms with Crippen LogP contribution in [0.3, 0.4) is 0 Å². The van der Waals surface area contributed by atoms with Crippen LogP contribution in [0.25, 0.3) is 0 Å². The molecule has 8 heteroatoms. The van der Waals surface area contributed by atoms with Crippen molar-refractivity contribution in [2.75, 3.05) is 39.4 Å². The van der Waals surface area contributed by atoms with Gasteiger partial charge in [0, 0.05) is 19.6 Å². The first kappa shape index (κ1) is 33.0. The Hall–Kier alpha value is -0.960. The van der Waals surface area contributed by atoms with E-state index in [4.69, 9.17) is 5.73 Å². The van der Waals surface area contributed by atoms with Crippen molar-refractivity contribution in [3.8, 4) is 0 Å². The normalized spacial score (nSPS) is 13.9. The van der Waals surface area contributed by atoms with E-state index in [0.717, 1.165) is 25.5 Å². The summed E-state index contributed by atoms with van der Waals surface area (Å²) in [5, 5.41) is 0. The van der Waals surface area contributed by atoms with Gasteiger partial charge in [-0.15, -0.1) is 0 Å². The lowest BCUT2D eigenvalue weighted by Crippen LogP contribution is -2.31. The SMILES string of the molecule is CCCCCCCCCCCCCCC/C=C/C1=NCCN1CCN.CCOS(=O)(=O)OCC. The molecule has 0 fully saturated rings. The summed E-state index contributed by atoms with van der Waals surface area (Å²) in [6.45, 7) is 9.29. The third kappa shape index (κ3) is 20.4. The first-order valence-electron chi connectivity index (χ1n) is 13.7. The second-order valence-electron chi connectivity index (χ2n) is 8.67. The van der Waals surface area contributed by atoms with Gasteiger partial charge in [0.2, 0.25) is 0 Å². The summed E-state index contributed by atoms with van der Waals surface area (Å²) in [4.78, 5) is 6.83. The van der Waals surface area contributed by atoms with Crippen molar-refractivity contribution in [3.05, 3.63) is 12.2 Å². The molecule has 0 aliphatic carbocycles. The highest BCUT2D eigenvalue weighted by Gasteiger charge is 2.12. The summed E-state index contributed by atoms with van der Waals surface area (Å²) >= 11 is 0. The summed E-state index contributed by atoms with van der Waals surface area (Å²) < 4.78 is 29.2. The van der Waals surface area contributed by atoms with E-state index in [0.29, 0.717) is 6.54 Å². The number of hydrogen-bond acceptors (Lipinski definition) is 7. The molecule has 202 valence electrons. The molecule has 0 unspecified atom stereocenters. The van der Waals surface area contributed by atoms with Crippen molar-refractivity contribution < 1.29 is 16.8 Å². The zero-order valence-corrected chi connectivity index (χ0v) is 23.1. The van der Waals surface area contributed by atoms with Crippen LogP contribution in [-0.4, -0.2) is 58.5 Å². The highest BCUT2D eigenvalue weighted by atomic mass is 32.3. The Morgan fingerprint density at radius 3 is 1.82 bits per heavy atom. The van der Waals surface area contributed by atoms with Crippen molar-refractivity contribution in [2.45, 2.75) is 111 Å². The lowest BCUT2D eigenvalue weighted by atomic mass is 10.0. The monoisotopic (exact) mass is 503 g/mol. The van der Waals surface area contributed by atoms with Crippen LogP contribution in [0, 0.1) is 0 Å². The van der Waals surface area contributed by atoms with Crippen LogP contribution >= 0.6 is 0 Å². The lowest BCUT2D eigenvalue weighted by molar-refractivity contribution is 0.231. The van der Waals surface area contributed by atoms with E-state index in [1.54, 1.807) is 13.8 Å². The van der Waals surface area contributed by atoms with Gasteiger partial charge in [0.15, 0.2) is 0 Å². The third-order valence-electron chi connectivity index (χ3n) is 5.63. The lowest BCUT2D eigenvalue weighted by Gasteiger charge is -2.16. The Bertz CT molecular complexity index is 597. The van der Waals surface area contributed by atoms with Crippen LogP contribution in [0.4, 0.5) is 0 Å². The quantitative estimate of drug-likeness (QED) is 0.193. The van der Waals surface area contributed by atoms with Gasteiger partial charge in [-0.05, 0) is 32.8 Å². The predicted molar refractivity (Wildman–Crippen MR) is 145 cm³/mol. The van der Waals surface area contributed by atoms with Crippen LogP contribution in [0.2, 0.25) is 0 Å². The summed E-state index contributed by atoms with van der Waals surface area (Å²) in [6, 6.07) is 0. The number of amidine groups is 1. The van der Waals surface area contributed by atoms with E-state index in [1.165, 1.54) is 89.9 Å². The van der Waals surface area contributed by atoms with Crippen molar-refractivity contribution in [3.63, 3.8) is 0 Å². The Morgan fingerprint density at radius 2 is 1.35 bits per heavy atom. The van der Waals surface area contributed by atoms with E-state index in [9.17, 15) is 8.42 Å². The average molecular weight is 504 g/mol. The molecule has 34 heavy (non-hydrogen) atoms. The molecule has 7 nitrogen and oxygen atoms in total. The minimum Gasteiger partial charge on any atom is -0.354 e. The van der Waals surface area contributed by atoms with Gasteiger partial charge in [-0.25, -0.2) is 8.37 Å². The molecule has 1 aliphatic rings. The highest BCUT2D eigenvalue weighted by molar-refractivity contribution is 7.81. The molecule has 0 saturated heterocycles. The molecule has 1 rings (SSSR count). The van der Waals surface area contributed by atoms with Crippen LogP contribution in [-0.2, 0) is 18.8 Å². The largest absolute Gasteiger partial charge is 0.399 e. The fraction of sp³-hybridized carbons (Fsp3) is 0.885. The zero-order valence-electron chi connectivity index (χ0n) is 22.3. The van der Waals surface area contributed by atoms with Crippen molar-refractivity contribution >= 4 is 16.2 Å². The second-order valence-corrected chi connectivity index (χ2v) is 9.96. The number of nitrogens with two attached hydrogens (primary N) is 1. The number of aliphatic imine (C=N–C) groups is 1. The van der Waals surface area contributed by atoms with Crippen molar-refractivity contribution in [2.24, 2.45) is 10.7 Å². The first-order valence-corrected chi connectivity index (χ1v) is 15.0. The molecule has 1 aliphatic heterocycles. The zero-order chi connectivity index (χ0) is 25.3. The topological polar surface area (TPSA) is 94.2 Å². The Kier molecular flexibility index (Phi) is 23.1. The molecular weight excluding hydrogens is 450 g/mol. The standard InChI is InChI=1S/C22H43N3.C4H10O4S/c1-2-3-4-5-6-7-8-9-10-11-12-13-14-15-16-17-22-24-19-21-25(22)20-18-23;1-3-7-9(5,6)8-4-2/h16-17H,2-15,18-21,23H2,1H3;3-4H2,1-2H3/b17-16+;. The molecule has 0 aromatic carbocycles. The predicted octanol–water partition coefficient (Wildman–Crippen LogP) is 6.00. The molecule has 0 aromatic heterocycles. The van der Waals surface area contributed by atoms with Gasteiger partial charge in [0.05, 0.1) is 19.8 Å². The smallest absolute Gasteiger partial charge is 0.354 e. The van der Waals surface area contributed by atoms with Gasteiger partial charge in [-0.1, -0.05) is 90.0 Å². The summed E-state index contributed by atoms with van der Waals surface area (Å²) in [5.41, 5.74) is 5.64. The van der Waals surface area contributed by atoms with Crippen LogP contribution < -0.4 is 5.73 Å². The molecule has 0 aromatic rings. The Labute approximate surface area is 210 Å². The Morgan fingerprint density at radius 1 is 0.853 bits per heavy atom. The maximum absolute atomic E-state index is 10.4. The van der Waals surface area contributed by atoms with E-state index in [1.807, 2.05) is 0 Å². The fourth-order valence-corrected chi connectivity index (χ4v) is 4.48. The van der Waals surface area contributed by atoms with Gasteiger partial charge in [0.1, 0.15) is 5.84 Å². The van der Waals surface area contributed by atoms with Gasteiger partial charge in [-0.2, -0.15) is 8.42 Å². The van der Waals surface area contributed by atoms with Crippen molar-refractivity contribution in [1.82, 2.24) is 4.90 Å². The fourth-order valence-electron chi connectivity index (χ4n) is 3.83.